The number of likely N-dealkylation sites (tertiary alicyclic amines) is 1. The Morgan fingerprint density at radius 2 is 1.82 bits per heavy atom. The van der Waals surface area contributed by atoms with Gasteiger partial charge in [-0.15, -0.1) is 0 Å². The van der Waals surface area contributed by atoms with E-state index >= 15 is 0 Å². The molecule has 4 nitrogen and oxygen atoms in total. The van der Waals surface area contributed by atoms with Crippen molar-refractivity contribution in [2.24, 2.45) is 11.8 Å². The Balaban J connectivity index is 2.02. The molecule has 0 bridgehead atoms. The fourth-order valence-electron chi connectivity index (χ4n) is 2.97. The van der Waals surface area contributed by atoms with Gasteiger partial charge in [0.2, 0.25) is 5.91 Å². The summed E-state index contributed by atoms with van der Waals surface area (Å²) in [6, 6.07) is 0. The zero-order valence-corrected chi connectivity index (χ0v) is 15.1. The average Bonchev–Trinajstić information content (AvgIpc) is 2.46. The summed E-state index contributed by atoms with van der Waals surface area (Å²) in [5.74, 6) is 1.21. The van der Waals surface area contributed by atoms with E-state index < -0.39 is 0 Å². The van der Waals surface area contributed by atoms with Crippen LogP contribution in [0.1, 0.15) is 59.8 Å². The minimum atomic E-state index is 0.229. The van der Waals surface area contributed by atoms with Gasteiger partial charge in [0, 0.05) is 25.6 Å². The molecule has 1 rings (SSSR count). The van der Waals surface area contributed by atoms with E-state index in [2.05, 4.69) is 37.9 Å². The third-order valence-electron chi connectivity index (χ3n) is 4.15. The number of carbonyl (C=O) groups excluding carboxylic acids is 1. The fraction of sp³-hybridized carbons (Fsp3) is 0.944. The van der Waals surface area contributed by atoms with Crippen molar-refractivity contribution in [2.45, 2.75) is 65.9 Å². The fourth-order valence-corrected chi connectivity index (χ4v) is 2.97. The first-order valence-corrected chi connectivity index (χ1v) is 9.10. The molecule has 1 aliphatic heterocycles. The molecule has 22 heavy (non-hydrogen) atoms. The van der Waals surface area contributed by atoms with Gasteiger partial charge in [0.15, 0.2) is 0 Å². The maximum absolute atomic E-state index is 12.2. The molecule has 0 radical (unpaired) electrons. The number of ether oxygens (including phenoxy) is 1. The van der Waals surface area contributed by atoms with Crippen LogP contribution in [0.5, 0.6) is 0 Å². The number of nitrogens with zero attached hydrogens (tertiary/aromatic N) is 1. The first kappa shape index (κ1) is 19.4. The van der Waals surface area contributed by atoms with Crippen LogP contribution in [-0.2, 0) is 9.53 Å². The maximum atomic E-state index is 12.2. The van der Waals surface area contributed by atoms with Crippen molar-refractivity contribution in [3.63, 3.8) is 0 Å². The molecular weight excluding hydrogens is 276 g/mol. The summed E-state index contributed by atoms with van der Waals surface area (Å²) in [4.78, 5) is 14.6. The van der Waals surface area contributed by atoms with Crippen molar-refractivity contribution in [3.8, 4) is 0 Å². The first-order chi connectivity index (χ1) is 10.5. The van der Waals surface area contributed by atoms with Gasteiger partial charge in [-0.1, -0.05) is 13.8 Å². The van der Waals surface area contributed by atoms with Gasteiger partial charge in [-0.05, 0) is 65.0 Å². The molecule has 1 N–H and O–H groups in total. The Kier molecular flexibility index (Phi) is 9.73. The van der Waals surface area contributed by atoms with Crippen LogP contribution in [0.4, 0.5) is 0 Å². The summed E-state index contributed by atoms with van der Waals surface area (Å²) in [6.45, 7) is 13.6. The molecule has 0 aromatic rings. The van der Waals surface area contributed by atoms with Gasteiger partial charge in [-0.2, -0.15) is 0 Å². The van der Waals surface area contributed by atoms with E-state index in [1.54, 1.807) is 0 Å². The molecule has 130 valence electrons. The van der Waals surface area contributed by atoms with Crippen molar-refractivity contribution in [1.82, 2.24) is 10.2 Å². The number of amides is 1. The van der Waals surface area contributed by atoms with Crippen molar-refractivity contribution in [3.05, 3.63) is 0 Å². The zero-order valence-electron chi connectivity index (χ0n) is 15.1. The lowest BCUT2D eigenvalue weighted by atomic mass is 9.95. The molecule has 1 heterocycles. The van der Waals surface area contributed by atoms with Gasteiger partial charge in [-0.25, -0.2) is 0 Å². The molecule has 1 saturated heterocycles. The van der Waals surface area contributed by atoms with Gasteiger partial charge in [0.25, 0.3) is 0 Å². The predicted molar refractivity (Wildman–Crippen MR) is 92.0 cm³/mol. The Bertz CT molecular complexity index is 297. The van der Waals surface area contributed by atoms with Crippen LogP contribution in [0, 0.1) is 11.8 Å². The van der Waals surface area contributed by atoms with Gasteiger partial charge < -0.3 is 15.0 Å². The molecule has 0 spiro atoms. The van der Waals surface area contributed by atoms with Crippen LogP contribution in [0.15, 0.2) is 0 Å². The van der Waals surface area contributed by atoms with E-state index in [1.165, 1.54) is 0 Å². The number of hydrogen-bond donors (Lipinski definition) is 1. The molecule has 0 saturated carbocycles. The molecule has 0 atom stereocenters. The van der Waals surface area contributed by atoms with Gasteiger partial charge >= 0.3 is 0 Å². The summed E-state index contributed by atoms with van der Waals surface area (Å²) < 4.78 is 5.51. The number of piperidine rings is 1. The standard InChI is InChI=1S/C18H36N2O2/c1-15(2)14-20-11-8-17(9-12-20)18(21)19-10-6-5-7-13-22-16(3)4/h15-17H,5-14H2,1-4H3,(H,19,21). The highest BCUT2D eigenvalue weighted by Crippen LogP contribution is 2.18. The Morgan fingerprint density at radius 3 is 2.41 bits per heavy atom. The number of hydrogen-bond acceptors (Lipinski definition) is 3. The average molecular weight is 312 g/mol. The molecule has 0 aromatic heterocycles. The van der Waals surface area contributed by atoms with Crippen molar-refractivity contribution in [2.75, 3.05) is 32.8 Å². The SMILES string of the molecule is CC(C)CN1CCC(C(=O)NCCCCCOC(C)C)CC1. The lowest BCUT2D eigenvalue weighted by molar-refractivity contribution is -0.126. The second-order valence-corrected chi connectivity index (χ2v) is 7.24. The van der Waals surface area contributed by atoms with E-state index in [4.69, 9.17) is 4.74 Å². The Labute approximate surface area is 137 Å². The molecule has 0 aliphatic carbocycles. The van der Waals surface area contributed by atoms with E-state index in [0.717, 1.165) is 64.9 Å². The molecular formula is C18H36N2O2. The number of nitrogens with one attached hydrogen (secondary N) is 1. The summed E-state index contributed by atoms with van der Waals surface area (Å²) >= 11 is 0. The van der Waals surface area contributed by atoms with Crippen LogP contribution < -0.4 is 5.32 Å². The summed E-state index contributed by atoms with van der Waals surface area (Å²) in [5, 5.41) is 3.11. The topological polar surface area (TPSA) is 41.6 Å². The second kappa shape index (κ2) is 11.0. The van der Waals surface area contributed by atoms with Crippen molar-refractivity contribution < 1.29 is 9.53 Å². The highest BCUT2D eigenvalue weighted by Gasteiger charge is 2.24. The molecule has 0 aromatic carbocycles. The zero-order chi connectivity index (χ0) is 16.4. The highest BCUT2D eigenvalue weighted by atomic mass is 16.5. The van der Waals surface area contributed by atoms with Gasteiger partial charge in [0.05, 0.1) is 6.10 Å². The van der Waals surface area contributed by atoms with Crippen LogP contribution in [-0.4, -0.2) is 49.7 Å². The second-order valence-electron chi connectivity index (χ2n) is 7.24. The normalized spacial score (nSPS) is 17.4. The third kappa shape index (κ3) is 8.74. The maximum Gasteiger partial charge on any atom is 0.223 e. The minimum Gasteiger partial charge on any atom is -0.379 e. The van der Waals surface area contributed by atoms with Crippen molar-refractivity contribution in [1.29, 1.82) is 0 Å². The number of carbonyl (C=O) groups is 1. The monoisotopic (exact) mass is 312 g/mol. The van der Waals surface area contributed by atoms with E-state index in [0.29, 0.717) is 12.0 Å². The van der Waals surface area contributed by atoms with Gasteiger partial charge in [0.1, 0.15) is 0 Å². The summed E-state index contributed by atoms with van der Waals surface area (Å²) in [7, 11) is 0. The van der Waals surface area contributed by atoms with Crippen LogP contribution in [0.25, 0.3) is 0 Å². The quantitative estimate of drug-likeness (QED) is 0.630. The van der Waals surface area contributed by atoms with E-state index in [1.807, 2.05) is 0 Å². The smallest absolute Gasteiger partial charge is 0.223 e. The van der Waals surface area contributed by atoms with Crippen molar-refractivity contribution >= 4 is 5.91 Å². The Morgan fingerprint density at radius 1 is 1.14 bits per heavy atom. The molecule has 4 heteroatoms. The Hall–Kier alpha value is -0.610. The van der Waals surface area contributed by atoms with Crippen LogP contribution in [0.2, 0.25) is 0 Å². The predicted octanol–water partition coefficient (Wildman–Crippen LogP) is 3.07. The lowest BCUT2D eigenvalue weighted by Crippen LogP contribution is -2.41. The molecule has 1 amide bonds. The lowest BCUT2D eigenvalue weighted by Gasteiger charge is -2.32. The molecule has 0 unspecified atom stereocenters. The summed E-state index contributed by atoms with van der Waals surface area (Å²) in [6.07, 6.45) is 5.61. The molecule has 1 fully saturated rings. The third-order valence-corrected chi connectivity index (χ3v) is 4.15. The first-order valence-electron chi connectivity index (χ1n) is 9.10. The number of rotatable bonds is 10. The minimum absolute atomic E-state index is 0.229. The van der Waals surface area contributed by atoms with Crippen LogP contribution >= 0.6 is 0 Å². The van der Waals surface area contributed by atoms with Crippen LogP contribution in [0.3, 0.4) is 0 Å². The molecule has 1 aliphatic rings. The number of unbranched alkanes of at least 4 members (excludes halogenated alkanes) is 2. The van der Waals surface area contributed by atoms with E-state index in [9.17, 15) is 4.79 Å². The highest BCUT2D eigenvalue weighted by molar-refractivity contribution is 5.78. The largest absolute Gasteiger partial charge is 0.379 e. The summed E-state index contributed by atoms with van der Waals surface area (Å²) in [5.41, 5.74) is 0. The van der Waals surface area contributed by atoms with E-state index in [-0.39, 0.29) is 11.8 Å². The van der Waals surface area contributed by atoms with Gasteiger partial charge in [-0.3, -0.25) is 4.79 Å².